The maximum Gasteiger partial charge on any atom is 0.232 e. The molecular formula is C18H28ClN3O3S. The summed E-state index contributed by atoms with van der Waals surface area (Å²) in [6.45, 7) is 4.26. The van der Waals surface area contributed by atoms with Gasteiger partial charge in [0.15, 0.2) is 0 Å². The van der Waals surface area contributed by atoms with Gasteiger partial charge in [-0.15, -0.1) is 24.2 Å². The molecule has 1 aliphatic heterocycles. The van der Waals surface area contributed by atoms with Gasteiger partial charge in [0.1, 0.15) is 0 Å². The second-order valence-electron chi connectivity index (χ2n) is 5.93. The Morgan fingerprint density at radius 2 is 1.85 bits per heavy atom. The molecule has 6 nitrogen and oxygen atoms in total. The molecule has 0 radical (unpaired) electrons. The summed E-state index contributed by atoms with van der Waals surface area (Å²) in [7, 11) is 0. The summed E-state index contributed by atoms with van der Waals surface area (Å²) < 4.78 is 5.25. The Morgan fingerprint density at radius 1 is 1.15 bits per heavy atom. The Labute approximate surface area is 165 Å². The van der Waals surface area contributed by atoms with Crippen molar-refractivity contribution in [2.45, 2.75) is 13.0 Å². The molecule has 0 saturated carbocycles. The van der Waals surface area contributed by atoms with E-state index in [1.165, 1.54) is 11.8 Å². The Kier molecular flexibility index (Phi) is 11.4. The van der Waals surface area contributed by atoms with Crippen LogP contribution in [0.3, 0.4) is 0 Å². The molecule has 1 aliphatic rings. The highest BCUT2D eigenvalue weighted by Gasteiger charge is 2.18. The zero-order valence-electron chi connectivity index (χ0n) is 15.0. The van der Waals surface area contributed by atoms with E-state index in [2.05, 4.69) is 0 Å². The number of nitrogens with zero attached hydrogens (tertiary/aromatic N) is 2. The molecule has 0 atom stereocenters. The number of hydrogen-bond acceptors (Lipinski definition) is 5. The zero-order chi connectivity index (χ0) is 17.9. The molecule has 1 saturated heterocycles. The minimum Gasteiger partial charge on any atom is -0.378 e. The van der Waals surface area contributed by atoms with E-state index in [4.69, 9.17) is 10.5 Å². The predicted octanol–water partition coefficient (Wildman–Crippen LogP) is 1.38. The fourth-order valence-corrected chi connectivity index (χ4v) is 3.42. The standard InChI is InChI=1S/C18H27N3O3S.ClH/c19-7-4-8-21(13-16-5-2-1-3-6-16)18(23)15-25-14-17(22)20-9-11-24-12-10-20;/h1-3,5-6H,4,7-15,19H2;1H. The van der Waals surface area contributed by atoms with Crippen molar-refractivity contribution in [3.05, 3.63) is 35.9 Å². The molecule has 0 unspecified atom stereocenters. The topological polar surface area (TPSA) is 75.9 Å². The molecule has 2 amide bonds. The number of thioether (sulfide) groups is 1. The number of ether oxygens (including phenoxy) is 1. The molecule has 146 valence electrons. The Morgan fingerprint density at radius 3 is 2.50 bits per heavy atom. The van der Waals surface area contributed by atoms with E-state index in [1.54, 1.807) is 4.90 Å². The van der Waals surface area contributed by atoms with Gasteiger partial charge in [-0.2, -0.15) is 0 Å². The summed E-state index contributed by atoms with van der Waals surface area (Å²) in [4.78, 5) is 28.3. The number of morpholine rings is 1. The molecule has 0 bridgehead atoms. The molecule has 26 heavy (non-hydrogen) atoms. The smallest absolute Gasteiger partial charge is 0.232 e. The lowest BCUT2D eigenvalue weighted by atomic mass is 10.2. The summed E-state index contributed by atoms with van der Waals surface area (Å²) in [6.07, 6.45) is 0.774. The monoisotopic (exact) mass is 401 g/mol. The van der Waals surface area contributed by atoms with Crippen LogP contribution in [-0.2, 0) is 20.9 Å². The molecule has 0 aliphatic carbocycles. The first kappa shape index (κ1) is 22.8. The highest BCUT2D eigenvalue weighted by molar-refractivity contribution is 8.00. The summed E-state index contributed by atoms with van der Waals surface area (Å²) in [5.41, 5.74) is 6.69. The van der Waals surface area contributed by atoms with E-state index in [9.17, 15) is 9.59 Å². The number of benzene rings is 1. The number of halogens is 1. The van der Waals surface area contributed by atoms with E-state index < -0.39 is 0 Å². The lowest BCUT2D eigenvalue weighted by molar-refractivity contribution is -0.132. The predicted molar refractivity (Wildman–Crippen MR) is 108 cm³/mol. The number of carbonyl (C=O) groups is 2. The molecular weight excluding hydrogens is 374 g/mol. The number of nitrogens with two attached hydrogens (primary N) is 1. The summed E-state index contributed by atoms with van der Waals surface area (Å²) in [5, 5.41) is 0. The molecule has 1 aromatic carbocycles. The average molecular weight is 402 g/mol. The van der Waals surface area contributed by atoms with Crippen molar-refractivity contribution in [3.8, 4) is 0 Å². The highest BCUT2D eigenvalue weighted by atomic mass is 35.5. The van der Waals surface area contributed by atoms with Crippen molar-refractivity contribution in [1.82, 2.24) is 9.80 Å². The zero-order valence-corrected chi connectivity index (χ0v) is 16.6. The van der Waals surface area contributed by atoms with Gasteiger partial charge in [-0.05, 0) is 18.5 Å². The van der Waals surface area contributed by atoms with Crippen molar-refractivity contribution in [2.24, 2.45) is 5.73 Å². The van der Waals surface area contributed by atoms with Gasteiger partial charge in [0.05, 0.1) is 24.7 Å². The Balaban J connectivity index is 0.00000338. The van der Waals surface area contributed by atoms with Crippen molar-refractivity contribution in [3.63, 3.8) is 0 Å². The first-order valence-electron chi connectivity index (χ1n) is 8.65. The van der Waals surface area contributed by atoms with Crippen LogP contribution in [-0.4, -0.2) is 72.5 Å². The van der Waals surface area contributed by atoms with Crippen molar-refractivity contribution in [1.29, 1.82) is 0 Å². The van der Waals surface area contributed by atoms with Crippen LogP contribution in [0.5, 0.6) is 0 Å². The van der Waals surface area contributed by atoms with E-state index in [0.29, 0.717) is 57.4 Å². The van der Waals surface area contributed by atoms with Crippen LogP contribution in [0.4, 0.5) is 0 Å². The van der Waals surface area contributed by atoms with Gasteiger partial charge in [0.25, 0.3) is 0 Å². The largest absolute Gasteiger partial charge is 0.378 e. The summed E-state index contributed by atoms with van der Waals surface area (Å²) >= 11 is 1.38. The molecule has 0 aromatic heterocycles. The third-order valence-corrected chi connectivity index (χ3v) is 4.92. The third kappa shape index (κ3) is 7.95. The molecule has 1 fully saturated rings. The SMILES string of the molecule is Cl.NCCCN(Cc1ccccc1)C(=O)CSCC(=O)N1CCOCC1. The number of amides is 2. The van der Waals surface area contributed by atoms with Crippen molar-refractivity contribution in [2.75, 3.05) is 50.9 Å². The van der Waals surface area contributed by atoms with Gasteiger partial charge >= 0.3 is 0 Å². The van der Waals surface area contributed by atoms with Gasteiger partial charge in [0, 0.05) is 26.2 Å². The van der Waals surface area contributed by atoms with Crippen molar-refractivity contribution >= 4 is 36.0 Å². The quantitative estimate of drug-likeness (QED) is 0.676. The highest BCUT2D eigenvalue weighted by Crippen LogP contribution is 2.10. The van der Waals surface area contributed by atoms with Crippen LogP contribution in [0.25, 0.3) is 0 Å². The normalized spacial score (nSPS) is 13.8. The molecule has 2 N–H and O–H groups in total. The van der Waals surface area contributed by atoms with E-state index in [1.807, 2.05) is 35.2 Å². The van der Waals surface area contributed by atoms with Crippen LogP contribution in [0.2, 0.25) is 0 Å². The third-order valence-electron chi connectivity index (χ3n) is 4.02. The van der Waals surface area contributed by atoms with Gasteiger partial charge in [0.2, 0.25) is 11.8 Å². The van der Waals surface area contributed by atoms with E-state index in [0.717, 1.165) is 12.0 Å². The molecule has 1 heterocycles. The van der Waals surface area contributed by atoms with E-state index in [-0.39, 0.29) is 24.2 Å². The maximum absolute atomic E-state index is 12.5. The number of carbonyl (C=O) groups excluding carboxylic acids is 2. The van der Waals surface area contributed by atoms with Crippen molar-refractivity contribution < 1.29 is 14.3 Å². The second kappa shape index (κ2) is 13.0. The van der Waals surface area contributed by atoms with Crippen LogP contribution in [0, 0.1) is 0 Å². The first-order valence-corrected chi connectivity index (χ1v) is 9.81. The van der Waals surface area contributed by atoms with Gasteiger partial charge in [-0.1, -0.05) is 30.3 Å². The Bertz CT molecular complexity index is 542. The van der Waals surface area contributed by atoms with Crippen LogP contribution in [0.15, 0.2) is 30.3 Å². The first-order chi connectivity index (χ1) is 12.2. The maximum atomic E-state index is 12.5. The van der Waals surface area contributed by atoms with Gasteiger partial charge in [-0.25, -0.2) is 0 Å². The lowest BCUT2D eigenvalue weighted by Gasteiger charge is -2.27. The van der Waals surface area contributed by atoms with Crippen LogP contribution >= 0.6 is 24.2 Å². The Hall–Kier alpha value is -1.28. The second-order valence-corrected chi connectivity index (χ2v) is 6.91. The van der Waals surface area contributed by atoms with Crippen LogP contribution < -0.4 is 5.73 Å². The molecule has 8 heteroatoms. The van der Waals surface area contributed by atoms with Crippen LogP contribution in [0.1, 0.15) is 12.0 Å². The number of hydrogen-bond donors (Lipinski definition) is 1. The fourth-order valence-electron chi connectivity index (χ4n) is 2.60. The molecule has 0 spiro atoms. The van der Waals surface area contributed by atoms with E-state index >= 15 is 0 Å². The van der Waals surface area contributed by atoms with Gasteiger partial charge in [-0.3, -0.25) is 9.59 Å². The summed E-state index contributed by atoms with van der Waals surface area (Å²) in [5.74, 6) is 0.782. The molecule has 2 rings (SSSR count). The molecule has 1 aromatic rings. The summed E-state index contributed by atoms with van der Waals surface area (Å²) in [6, 6.07) is 9.92. The average Bonchev–Trinajstić information content (AvgIpc) is 2.66. The minimum absolute atomic E-state index is 0. The van der Waals surface area contributed by atoms with Gasteiger partial charge < -0.3 is 20.3 Å². The lowest BCUT2D eigenvalue weighted by Crippen LogP contribution is -2.41. The minimum atomic E-state index is 0. The fraction of sp³-hybridized carbons (Fsp3) is 0.556. The number of rotatable bonds is 9.